The maximum Gasteiger partial charge on any atom is 0.349 e. The van der Waals surface area contributed by atoms with Crippen LogP contribution in [0.25, 0.3) is 0 Å². The van der Waals surface area contributed by atoms with Gasteiger partial charge in [0, 0.05) is 27.9 Å². The lowest BCUT2D eigenvalue weighted by molar-refractivity contribution is -0.113. The summed E-state index contributed by atoms with van der Waals surface area (Å²) < 4.78 is 12.8. The highest BCUT2D eigenvalue weighted by Crippen LogP contribution is 2.33. The van der Waals surface area contributed by atoms with Crippen molar-refractivity contribution in [1.82, 2.24) is 9.55 Å². The van der Waals surface area contributed by atoms with E-state index in [-0.39, 0.29) is 17.3 Å². The monoisotopic (exact) mass is 455 g/mol. The van der Waals surface area contributed by atoms with Crippen molar-refractivity contribution in [3.63, 3.8) is 0 Å². The molecule has 1 aliphatic heterocycles. The summed E-state index contributed by atoms with van der Waals surface area (Å²) in [5.41, 5.74) is 2.57. The molecule has 0 unspecified atom stereocenters. The Labute approximate surface area is 187 Å². The largest absolute Gasteiger partial charge is 0.486 e. The molecule has 0 fully saturated rings. The molecule has 0 saturated carbocycles. The van der Waals surface area contributed by atoms with Gasteiger partial charge in [-0.15, -0.1) is 11.3 Å². The van der Waals surface area contributed by atoms with Gasteiger partial charge in [0.2, 0.25) is 5.91 Å². The minimum atomic E-state index is -0.246. The van der Waals surface area contributed by atoms with Crippen LogP contribution in [0.2, 0.25) is 0 Å². The molecule has 5 rings (SSSR count). The van der Waals surface area contributed by atoms with Crippen molar-refractivity contribution < 1.29 is 14.3 Å². The lowest BCUT2D eigenvalue weighted by Gasteiger charge is -2.19. The molecule has 1 amide bonds. The number of rotatable bonds is 6. The molecule has 0 atom stereocenters. The number of carbonyl (C=O) groups excluding carboxylic acids is 1. The van der Waals surface area contributed by atoms with Gasteiger partial charge in [0.15, 0.2) is 11.5 Å². The predicted octanol–water partition coefficient (Wildman–Crippen LogP) is 3.34. The molecule has 9 heteroatoms. The molecule has 1 aliphatic carbocycles. The zero-order chi connectivity index (χ0) is 21.2. The summed E-state index contributed by atoms with van der Waals surface area (Å²) in [7, 11) is 0. The first-order chi connectivity index (χ1) is 15.2. The number of thiophene rings is 1. The average molecular weight is 456 g/mol. The summed E-state index contributed by atoms with van der Waals surface area (Å²) in [5, 5.41) is 5.57. The molecule has 7 nitrogen and oxygen atoms in total. The summed E-state index contributed by atoms with van der Waals surface area (Å²) in [6.45, 7) is 1.58. The Balaban J connectivity index is 1.28. The zero-order valence-electron chi connectivity index (χ0n) is 16.8. The molecule has 31 heavy (non-hydrogen) atoms. The van der Waals surface area contributed by atoms with E-state index < -0.39 is 0 Å². The standard InChI is InChI=1S/C22H21N3O4S2/c26-20(23-14-6-7-18-19(11-14)29-9-8-28-18)13-31-21-16-4-1-5-17(16)25(22(27)24-21)12-15-3-2-10-30-15/h2-3,6-7,10-11H,1,4-5,8-9,12-13H2,(H,23,26). The number of benzene rings is 1. The molecule has 160 valence electrons. The quantitative estimate of drug-likeness (QED) is 0.454. The SMILES string of the molecule is O=C(CSc1nc(=O)n(Cc2cccs2)c2c1CCC2)Nc1ccc2c(c1)OCCO2. The van der Waals surface area contributed by atoms with E-state index in [1.54, 1.807) is 34.1 Å². The fourth-order valence-electron chi connectivity index (χ4n) is 3.88. The first kappa shape index (κ1) is 20.1. The highest BCUT2D eigenvalue weighted by Gasteiger charge is 2.23. The van der Waals surface area contributed by atoms with Crippen molar-refractivity contribution in [3.8, 4) is 11.5 Å². The maximum absolute atomic E-state index is 12.7. The second-order valence-corrected chi connectivity index (χ2v) is 9.34. The van der Waals surface area contributed by atoms with Crippen LogP contribution in [0.15, 0.2) is 45.5 Å². The topological polar surface area (TPSA) is 82.5 Å². The third-order valence-electron chi connectivity index (χ3n) is 5.26. The van der Waals surface area contributed by atoms with Crippen molar-refractivity contribution in [2.24, 2.45) is 0 Å². The molecule has 3 heterocycles. The molecule has 2 aliphatic rings. The number of amides is 1. The number of aromatic nitrogens is 2. The molecule has 3 aromatic rings. The number of ether oxygens (including phenoxy) is 2. The van der Waals surface area contributed by atoms with Gasteiger partial charge in [0.25, 0.3) is 0 Å². The Hall–Kier alpha value is -2.78. The van der Waals surface area contributed by atoms with Crippen LogP contribution in [0, 0.1) is 0 Å². The van der Waals surface area contributed by atoms with Gasteiger partial charge in [0.1, 0.15) is 18.2 Å². The van der Waals surface area contributed by atoms with E-state index in [2.05, 4.69) is 10.3 Å². The first-order valence-electron chi connectivity index (χ1n) is 10.1. The van der Waals surface area contributed by atoms with Crippen LogP contribution < -0.4 is 20.5 Å². The Morgan fingerprint density at radius 3 is 2.90 bits per heavy atom. The zero-order valence-corrected chi connectivity index (χ0v) is 18.4. The number of fused-ring (bicyclic) bond motifs is 2. The molecule has 1 N–H and O–H groups in total. The van der Waals surface area contributed by atoms with E-state index in [9.17, 15) is 9.59 Å². The van der Waals surface area contributed by atoms with E-state index in [1.165, 1.54) is 11.8 Å². The minimum absolute atomic E-state index is 0.155. The lowest BCUT2D eigenvalue weighted by atomic mass is 10.2. The third-order valence-corrected chi connectivity index (χ3v) is 7.14. The normalized spacial score (nSPS) is 14.3. The Kier molecular flexibility index (Phi) is 5.69. The molecular weight excluding hydrogens is 434 g/mol. The Bertz CT molecular complexity index is 1170. The first-order valence-corrected chi connectivity index (χ1v) is 12.0. The van der Waals surface area contributed by atoms with Crippen LogP contribution >= 0.6 is 23.1 Å². The predicted molar refractivity (Wildman–Crippen MR) is 121 cm³/mol. The number of nitrogens with one attached hydrogen (secondary N) is 1. The van der Waals surface area contributed by atoms with Crippen LogP contribution in [-0.2, 0) is 24.2 Å². The number of thioether (sulfide) groups is 1. The third kappa shape index (κ3) is 4.33. The van der Waals surface area contributed by atoms with E-state index in [0.29, 0.717) is 42.0 Å². The highest BCUT2D eigenvalue weighted by atomic mass is 32.2. The fraction of sp³-hybridized carbons (Fsp3) is 0.318. The smallest absolute Gasteiger partial charge is 0.349 e. The van der Waals surface area contributed by atoms with Gasteiger partial charge in [-0.2, -0.15) is 4.98 Å². The van der Waals surface area contributed by atoms with E-state index >= 15 is 0 Å². The van der Waals surface area contributed by atoms with Crippen molar-refractivity contribution >= 4 is 34.7 Å². The highest BCUT2D eigenvalue weighted by molar-refractivity contribution is 8.00. The van der Waals surface area contributed by atoms with Gasteiger partial charge in [0.05, 0.1) is 12.3 Å². The summed E-state index contributed by atoms with van der Waals surface area (Å²) >= 11 is 2.96. The van der Waals surface area contributed by atoms with Gasteiger partial charge in [-0.3, -0.25) is 9.36 Å². The molecule has 0 bridgehead atoms. The number of carbonyl (C=O) groups is 1. The minimum Gasteiger partial charge on any atom is -0.486 e. The molecule has 0 spiro atoms. The van der Waals surface area contributed by atoms with E-state index in [4.69, 9.17) is 9.47 Å². The maximum atomic E-state index is 12.7. The summed E-state index contributed by atoms with van der Waals surface area (Å²) in [4.78, 5) is 30.7. The van der Waals surface area contributed by atoms with Gasteiger partial charge < -0.3 is 14.8 Å². The summed E-state index contributed by atoms with van der Waals surface area (Å²) in [5.74, 6) is 1.34. The molecule has 2 aromatic heterocycles. The molecule has 0 radical (unpaired) electrons. The van der Waals surface area contributed by atoms with Crippen LogP contribution in [-0.4, -0.2) is 34.4 Å². The average Bonchev–Trinajstić information content (AvgIpc) is 3.46. The number of hydrogen-bond donors (Lipinski definition) is 1. The number of anilines is 1. The Morgan fingerprint density at radius 2 is 2.06 bits per heavy atom. The van der Waals surface area contributed by atoms with Crippen molar-refractivity contribution in [2.45, 2.75) is 30.8 Å². The lowest BCUT2D eigenvalue weighted by Crippen LogP contribution is -2.27. The summed E-state index contributed by atoms with van der Waals surface area (Å²) in [6, 6.07) is 9.36. The second-order valence-electron chi connectivity index (χ2n) is 7.34. The van der Waals surface area contributed by atoms with Crippen molar-refractivity contribution in [1.29, 1.82) is 0 Å². The van der Waals surface area contributed by atoms with Crippen LogP contribution in [0.4, 0.5) is 5.69 Å². The number of nitrogens with zero attached hydrogens (tertiary/aromatic N) is 2. The van der Waals surface area contributed by atoms with E-state index in [1.807, 2.05) is 17.5 Å². The van der Waals surface area contributed by atoms with Gasteiger partial charge in [-0.25, -0.2) is 4.79 Å². The fourth-order valence-corrected chi connectivity index (χ4v) is 5.45. The van der Waals surface area contributed by atoms with Crippen molar-refractivity contribution in [3.05, 3.63) is 62.3 Å². The van der Waals surface area contributed by atoms with E-state index in [0.717, 1.165) is 35.4 Å². The molecule has 1 aromatic carbocycles. The number of hydrogen-bond acceptors (Lipinski definition) is 7. The Morgan fingerprint density at radius 1 is 1.19 bits per heavy atom. The molecule has 0 saturated heterocycles. The second kappa shape index (κ2) is 8.76. The van der Waals surface area contributed by atoms with Gasteiger partial charge in [-0.05, 0) is 42.8 Å². The van der Waals surface area contributed by atoms with Gasteiger partial charge >= 0.3 is 5.69 Å². The van der Waals surface area contributed by atoms with Crippen LogP contribution in [0.3, 0.4) is 0 Å². The van der Waals surface area contributed by atoms with Crippen LogP contribution in [0.5, 0.6) is 11.5 Å². The van der Waals surface area contributed by atoms with Crippen LogP contribution in [0.1, 0.15) is 22.6 Å². The van der Waals surface area contributed by atoms with Crippen molar-refractivity contribution in [2.75, 3.05) is 24.3 Å². The van der Waals surface area contributed by atoms with Gasteiger partial charge in [-0.1, -0.05) is 17.8 Å². The molecular formula is C22H21N3O4S2. The summed E-state index contributed by atoms with van der Waals surface area (Å²) in [6.07, 6.45) is 2.76.